The second-order valence-corrected chi connectivity index (χ2v) is 5.28. The van der Waals surface area contributed by atoms with Crippen molar-refractivity contribution in [2.24, 2.45) is 11.8 Å². The molecule has 1 unspecified atom stereocenters. The highest BCUT2D eigenvalue weighted by Gasteiger charge is 2.24. The van der Waals surface area contributed by atoms with Gasteiger partial charge in [-0.25, -0.2) is 4.79 Å². The Kier molecular flexibility index (Phi) is 3.18. The van der Waals surface area contributed by atoms with E-state index in [0.717, 1.165) is 24.1 Å². The van der Waals surface area contributed by atoms with Crippen LogP contribution < -0.4 is 0 Å². The topological polar surface area (TPSA) is 50.2 Å². The van der Waals surface area contributed by atoms with E-state index in [1.807, 2.05) is 6.07 Å². The minimum Gasteiger partial charge on any atom is -0.478 e. The van der Waals surface area contributed by atoms with Crippen LogP contribution in [0.5, 0.6) is 0 Å². The zero-order chi connectivity index (χ0) is 12.6. The summed E-state index contributed by atoms with van der Waals surface area (Å²) in [5.74, 6) is 0.441. The van der Waals surface area contributed by atoms with Gasteiger partial charge in [0.25, 0.3) is 0 Å². The molecule has 17 heavy (non-hydrogen) atoms. The number of hydrogen-bond donors (Lipinski definition) is 1. The van der Waals surface area contributed by atoms with E-state index in [0.29, 0.717) is 23.1 Å². The Morgan fingerprint density at radius 1 is 1.53 bits per heavy atom. The smallest absolute Gasteiger partial charge is 0.337 e. The van der Waals surface area contributed by atoms with E-state index in [2.05, 4.69) is 18.8 Å². The van der Waals surface area contributed by atoms with Crippen LogP contribution in [-0.2, 0) is 12.8 Å². The molecule has 1 N–H and O–H groups in total. The Morgan fingerprint density at radius 3 is 2.82 bits per heavy atom. The van der Waals surface area contributed by atoms with Crippen molar-refractivity contribution in [1.29, 1.82) is 0 Å². The van der Waals surface area contributed by atoms with Gasteiger partial charge in [0.05, 0.1) is 11.3 Å². The number of carboxylic acids is 1. The average Bonchev–Trinajstić information content (AvgIpc) is 2.27. The molecule has 3 heteroatoms. The number of aromatic nitrogens is 1. The van der Waals surface area contributed by atoms with Crippen LogP contribution in [0.4, 0.5) is 0 Å². The minimum atomic E-state index is -0.871. The SMILES string of the molecule is Cc1nc2c(cc1C(=O)O)CC(C(C)C)CC2. The summed E-state index contributed by atoms with van der Waals surface area (Å²) in [6, 6.07) is 1.83. The quantitative estimate of drug-likeness (QED) is 0.854. The molecular formula is C14H19NO2. The molecule has 1 heterocycles. The third-order valence-electron chi connectivity index (χ3n) is 3.79. The average molecular weight is 233 g/mol. The van der Waals surface area contributed by atoms with Gasteiger partial charge in [-0.2, -0.15) is 0 Å². The monoisotopic (exact) mass is 233 g/mol. The first kappa shape index (κ1) is 12.1. The van der Waals surface area contributed by atoms with Crippen molar-refractivity contribution < 1.29 is 9.90 Å². The van der Waals surface area contributed by atoms with E-state index in [4.69, 9.17) is 5.11 Å². The van der Waals surface area contributed by atoms with Gasteiger partial charge in [-0.15, -0.1) is 0 Å². The number of aryl methyl sites for hydroxylation is 2. The van der Waals surface area contributed by atoms with Gasteiger partial charge < -0.3 is 5.11 Å². The van der Waals surface area contributed by atoms with Crippen molar-refractivity contribution in [2.45, 2.75) is 40.0 Å². The Hall–Kier alpha value is -1.38. The first-order chi connectivity index (χ1) is 7.99. The van der Waals surface area contributed by atoms with E-state index < -0.39 is 5.97 Å². The lowest BCUT2D eigenvalue weighted by Gasteiger charge is -2.27. The van der Waals surface area contributed by atoms with Crippen LogP contribution in [0, 0.1) is 18.8 Å². The van der Waals surface area contributed by atoms with Gasteiger partial charge in [0.1, 0.15) is 0 Å². The summed E-state index contributed by atoms with van der Waals surface area (Å²) < 4.78 is 0. The van der Waals surface area contributed by atoms with E-state index in [9.17, 15) is 4.79 Å². The van der Waals surface area contributed by atoms with Crippen molar-refractivity contribution >= 4 is 5.97 Å². The molecule has 0 aromatic carbocycles. The standard InChI is InChI=1S/C14H19NO2/c1-8(2)10-4-5-13-11(6-10)7-12(14(16)17)9(3)15-13/h7-8,10H,4-6H2,1-3H3,(H,16,17). The maximum Gasteiger partial charge on any atom is 0.337 e. The molecule has 0 spiro atoms. The lowest BCUT2D eigenvalue weighted by molar-refractivity contribution is 0.0695. The van der Waals surface area contributed by atoms with Gasteiger partial charge in [-0.05, 0) is 49.7 Å². The first-order valence-electron chi connectivity index (χ1n) is 6.21. The molecule has 0 bridgehead atoms. The first-order valence-corrected chi connectivity index (χ1v) is 6.21. The Morgan fingerprint density at radius 2 is 2.24 bits per heavy atom. The van der Waals surface area contributed by atoms with Gasteiger partial charge in [-0.1, -0.05) is 13.8 Å². The number of hydrogen-bond acceptors (Lipinski definition) is 2. The fraction of sp³-hybridized carbons (Fsp3) is 0.571. The Labute approximate surface area is 102 Å². The minimum absolute atomic E-state index is 0.355. The normalized spacial score (nSPS) is 19.2. The van der Waals surface area contributed by atoms with Gasteiger partial charge in [0.15, 0.2) is 0 Å². The van der Waals surface area contributed by atoms with Gasteiger partial charge in [0.2, 0.25) is 0 Å². The summed E-state index contributed by atoms with van der Waals surface area (Å²) in [7, 11) is 0. The fourth-order valence-electron chi connectivity index (χ4n) is 2.58. The fourth-order valence-corrected chi connectivity index (χ4v) is 2.58. The molecular weight excluding hydrogens is 214 g/mol. The maximum absolute atomic E-state index is 11.1. The molecule has 92 valence electrons. The van der Waals surface area contributed by atoms with Crippen LogP contribution in [-0.4, -0.2) is 16.1 Å². The summed E-state index contributed by atoms with van der Waals surface area (Å²) in [4.78, 5) is 15.5. The van der Waals surface area contributed by atoms with Gasteiger partial charge in [0, 0.05) is 5.69 Å². The van der Waals surface area contributed by atoms with E-state index in [1.165, 1.54) is 6.42 Å². The second kappa shape index (κ2) is 4.47. The maximum atomic E-state index is 11.1. The third-order valence-corrected chi connectivity index (χ3v) is 3.79. The number of carbonyl (C=O) groups is 1. The number of carboxylic acid groups (broad SMARTS) is 1. The highest BCUT2D eigenvalue weighted by atomic mass is 16.4. The number of aromatic carboxylic acids is 1. The summed E-state index contributed by atoms with van der Waals surface area (Å²) >= 11 is 0. The van der Waals surface area contributed by atoms with E-state index in [1.54, 1.807) is 6.92 Å². The van der Waals surface area contributed by atoms with Crippen molar-refractivity contribution in [2.75, 3.05) is 0 Å². The third kappa shape index (κ3) is 2.33. The van der Waals surface area contributed by atoms with Crippen molar-refractivity contribution in [3.63, 3.8) is 0 Å². The molecule has 0 radical (unpaired) electrons. The summed E-state index contributed by atoms with van der Waals surface area (Å²) in [5.41, 5.74) is 3.23. The number of rotatable bonds is 2. The van der Waals surface area contributed by atoms with Crippen LogP contribution in [0.2, 0.25) is 0 Å². The lowest BCUT2D eigenvalue weighted by atomic mass is 9.79. The van der Waals surface area contributed by atoms with Crippen molar-refractivity contribution in [3.8, 4) is 0 Å². The molecule has 0 fully saturated rings. The number of fused-ring (bicyclic) bond motifs is 1. The predicted molar refractivity (Wildman–Crippen MR) is 66.3 cm³/mol. The van der Waals surface area contributed by atoms with E-state index in [-0.39, 0.29) is 0 Å². The van der Waals surface area contributed by atoms with Crippen LogP contribution in [0.25, 0.3) is 0 Å². The second-order valence-electron chi connectivity index (χ2n) is 5.28. The molecule has 0 saturated carbocycles. The highest BCUT2D eigenvalue weighted by Crippen LogP contribution is 2.30. The molecule has 3 nitrogen and oxygen atoms in total. The van der Waals surface area contributed by atoms with Crippen molar-refractivity contribution in [1.82, 2.24) is 4.98 Å². The van der Waals surface area contributed by atoms with Crippen LogP contribution in [0.15, 0.2) is 6.07 Å². The zero-order valence-electron chi connectivity index (χ0n) is 10.7. The molecule has 1 aliphatic carbocycles. The Bertz CT molecular complexity index is 452. The summed E-state index contributed by atoms with van der Waals surface area (Å²) in [6.45, 7) is 6.24. The molecule has 0 saturated heterocycles. The highest BCUT2D eigenvalue weighted by molar-refractivity contribution is 5.89. The van der Waals surface area contributed by atoms with Gasteiger partial charge in [-0.3, -0.25) is 4.98 Å². The summed E-state index contributed by atoms with van der Waals surface area (Å²) in [6.07, 6.45) is 3.13. The molecule has 0 aliphatic heterocycles. The number of pyridine rings is 1. The van der Waals surface area contributed by atoms with E-state index >= 15 is 0 Å². The van der Waals surface area contributed by atoms with Crippen LogP contribution >= 0.6 is 0 Å². The van der Waals surface area contributed by atoms with Crippen molar-refractivity contribution in [3.05, 3.63) is 28.6 Å². The van der Waals surface area contributed by atoms with Crippen LogP contribution in [0.1, 0.15) is 47.6 Å². The zero-order valence-corrected chi connectivity index (χ0v) is 10.7. The molecule has 1 aromatic heterocycles. The predicted octanol–water partition coefficient (Wildman–Crippen LogP) is 2.85. The molecule has 1 aliphatic rings. The Balaban J connectivity index is 2.37. The lowest BCUT2D eigenvalue weighted by Crippen LogP contribution is -2.21. The van der Waals surface area contributed by atoms with Gasteiger partial charge >= 0.3 is 5.97 Å². The van der Waals surface area contributed by atoms with Crippen LogP contribution in [0.3, 0.4) is 0 Å². The molecule has 2 rings (SSSR count). The molecule has 1 atom stereocenters. The number of nitrogens with zero attached hydrogens (tertiary/aromatic N) is 1. The molecule has 0 amide bonds. The summed E-state index contributed by atoms with van der Waals surface area (Å²) in [5, 5.41) is 9.10. The largest absolute Gasteiger partial charge is 0.478 e. The molecule has 1 aromatic rings.